The van der Waals surface area contributed by atoms with E-state index in [1.165, 1.54) is 0 Å². The third-order valence-corrected chi connectivity index (χ3v) is 2.35. The SMILES string of the molecule is O=C(O)c1cc(S(=O)(=O)O)ccc1O.[Cl-].[Cl-].[Fe+2]. The summed E-state index contributed by atoms with van der Waals surface area (Å²) in [6.45, 7) is 0. The van der Waals surface area contributed by atoms with Gasteiger partial charge in [0.2, 0.25) is 0 Å². The molecule has 1 aromatic rings. The summed E-state index contributed by atoms with van der Waals surface area (Å²) in [5.74, 6) is -2.04. The summed E-state index contributed by atoms with van der Waals surface area (Å²) in [6.07, 6.45) is 0. The van der Waals surface area contributed by atoms with E-state index in [0.29, 0.717) is 6.07 Å². The van der Waals surface area contributed by atoms with Crippen LogP contribution in [0.1, 0.15) is 10.4 Å². The first kappa shape index (κ1) is 21.8. The van der Waals surface area contributed by atoms with Crippen LogP contribution >= 0.6 is 0 Å². The minimum atomic E-state index is -4.45. The molecule has 1 aromatic carbocycles. The maximum atomic E-state index is 10.6. The van der Waals surface area contributed by atoms with E-state index in [2.05, 4.69) is 0 Å². The van der Waals surface area contributed by atoms with Crippen LogP contribution in [0.5, 0.6) is 5.75 Å². The van der Waals surface area contributed by atoms with Gasteiger partial charge < -0.3 is 35.0 Å². The Morgan fingerprint density at radius 2 is 1.65 bits per heavy atom. The molecule has 0 fully saturated rings. The number of carboxylic acid groups (broad SMARTS) is 1. The molecule has 0 atom stereocenters. The predicted octanol–water partition coefficient (Wildman–Crippen LogP) is -5.66. The van der Waals surface area contributed by atoms with Crippen molar-refractivity contribution in [2.45, 2.75) is 4.90 Å². The van der Waals surface area contributed by atoms with Gasteiger partial charge in [-0.25, -0.2) is 4.79 Å². The third-order valence-electron chi connectivity index (χ3n) is 1.50. The van der Waals surface area contributed by atoms with Gasteiger partial charge in [-0.2, -0.15) is 8.42 Å². The van der Waals surface area contributed by atoms with Gasteiger partial charge in [-0.05, 0) is 18.2 Å². The monoisotopic (exact) mass is 344 g/mol. The standard InChI is InChI=1S/C7H6O6S.2ClH.Fe/c8-6-2-1-4(14(11,12)13)3-5(6)7(9)10;;;/h1-3,8H,(H,9,10)(H,11,12,13);2*1H;/q;;;+2/p-2. The number of aromatic carboxylic acids is 1. The number of aromatic hydroxyl groups is 1. The van der Waals surface area contributed by atoms with Gasteiger partial charge in [0.1, 0.15) is 11.3 Å². The van der Waals surface area contributed by atoms with E-state index in [0.717, 1.165) is 12.1 Å². The number of halogens is 2. The third kappa shape index (κ3) is 5.58. The van der Waals surface area contributed by atoms with E-state index in [9.17, 15) is 13.2 Å². The average molecular weight is 345 g/mol. The smallest absolute Gasteiger partial charge is 1.00 e. The first-order valence-electron chi connectivity index (χ1n) is 3.36. The van der Waals surface area contributed by atoms with Gasteiger partial charge in [0.25, 0.3) is 10.1 Å². The van der Waals surface area contributed by atoms with Crippen molar-refractivity contribution >= 4 is 16.1 Å². The number of carbonyl (C=O) groups is 1. The number of hydrogen-bond acceptors (Lipinski definition) is 4. The second-order valence-electron chi connectivity index (χ2n) is 2.46. The van der Waals surface area contributed by atoms with E-state index in [1.807, 2.05) is 0 Å². The Balaban J connectivity index is -0.000000653. The van der Waals surface area contributed by atoms with Crippen LogP contribution in [0, 0.1) is 0 Å². The number of hydrogen-bond donors (Lipinski definition) is 3. The maximum Gasteiger partial charge on any atom is 2.00 e. The summed E-state index contributed by atoms with van der Waals surface area (Å²) in [6, 6.07) is 2.46. The zero-order chi connectivity index (χ0) is 10.9. The second kappa shape index (κ2) is 7.75. The van der Waals surface area contributed by atoms with Crippen LogP contribution in [-0.2, 0) is 27.2 Å². The summed E-state index contributed by atoms with van der Waals surface area (Å²) < 4.78 is 29.8. The molecule has 3 N–H and O–H groups in total. The van der Waals surface area contributed by atoms with Crippen molar-refractivity contribution < 1.29 is 69.9 Å². The largest absolute Gasteiger partial charge is 2.00 e. The Labute approximate surface area is 120 Å². The van der Waals surface area contributed by atoms with Crippen molar-refractivity contribution in [3.8, 4) is 5.75 Å². The van der Waals surface area contributed by atoms with E-state index < -0.39 is 32.3 Å². The number of phenols is 1. The molecule has 0 radical (unpaired) electrons. The van der Waals surface area contributed by atoms with Crippen molar-refractivity contribution in [2.75, 3.05) is 0 Å². The van der Waals surface area contributed by atoms with E-state index in [4.69, 9.17) is 14.8 Å². The summed E-state index contributed by atoms with van der Waals surface area (Å²) >= 11 is 0. The van der Waals surface area contributed by atoms with Crippen molar-refractivity contribution in [1.29, 1.82) is 0 Å². The molecule has 98 valence electrons. The van der Waals surface area contributed by atoms with Gasteiger partial charge in [-0.15, -0.1) is 0 Å². The fraction of sp³-hybridized carbons (Fsp3) is 0. The van der Waals surface area contributed by atoms with Gasteiger partial charge in [-0.1, -0.05) is 0 Å². The first-order chi connectivity index (χ1) is 6.32. The van der Waals surface area contributed by atoms with Gasteiger partial charge in [0.15, 0.2) is 0 Å². The predicted molar refractivity (Wildman–Crippen MR) is 44.9 cm³/mol. The second-order valence-corrected chi connectivity index (χ2v) is 3.88. The van der Waals surface area contributed by atoms with Gasteiger partial charge in [-0.3, -0.25) is 4.55 Å². The molecule has 0 aliphatic heterocycles. The maximum absolute atomic E-state index is 10.6. The van der Waals surface area contributed by atoms with Crippen LogP contribution < -0.4 is 24.8 Å². The van der Waals surface area contributed by atoms with Crippen LogP contribution in [0.15, 0.2) is 23.1 Å². The van der Waals surface area contributed by atoms with Crippen LogP contribution in [0.3, 0.4) is 0 Å². The molecule has 0 heterocycles. The Morgan fingerprint density at radius 1 is 1.18 bits per heavy atom. The molecule has 17 heavy (non-hydrogen) atoms. The molecule has 0 bridgehead atoms. The van der Waals surface area contributed by atoms with Crippen molar-refractivity contribution in [3.05, 3.63) is 23.8 Å². The molecule has 1 rings (SSSR count). The summed E-state index contributed by atoms with van der Waals surface area (Å²) in [5, 5.41) is 17.5. The molecule has 0 unspecified atom stereocenters. The molecule has 0 saturated carbocycles. The van der Waals surface area contributed by atoms with Crippen molar-refractivity contribution in [2.24, 2.45) is 0 Å². The zero-order valence-electron chi connectivity index (χ0n) is 7.82. The molecular formula is C7H6Cl2FeO6S. The Hall–Kier alpha value is -0.501. The van der Waals surface area contributed by atoms with E-state index in [-0.39, 0.29) is 41.9 Å². The van der Waals surface area contributed by atoms with Gasteiger partial charge >= 0.3 is 23.0 Å². The van der Waals surface area contributed by atoms with E-state index >= 15 is 0 Å². The molecule has 0 saturated heterocycles. The van der Waals surface area contributed by atoms with Crippen LogP contribution in [0.4, 0.5) is 0 Å². The molecule has 0 amide bonds. The van der Waals surface area contributed by atoms with Crippen LogP contribution in [0.2, 0.25) is 0 Å². The van der Waals surface area contributed by atoms with Crippen LogP contribution in [-0.4, -0.2) is 29.2 Å². The van der Waals surface area contributed by atoms with Gasteiger partial charge in [0.05, 0.1) is 4.90 Å². The fourth-order valence-corrected chi connectivity index (χ4v) is 1.35. The molecule has 0 spiro atoms. The molecule has 0 aliphatic rings. The molecule has 0 aromatic heterocycles. The summed E-state index contributed by atoms with van der Waals surface area (Å²) in [7, 11) is -4.45. The van der Waals surface area contributed by atoms with Crippen molar-refractivity contribution in [3.63, 3.8) is 0 Å². The Morgan fingerprint density at radius 3 is 2.00 bits per heavy atom. The topological polar surface area (TPSA) is 112 Å². The minimum absolute atomic E-state index is 0. The fourth-order valence-electron chi connectivity index (χ4n) is 0.847. The normalized spacial score (nSPS) is 9.24. The number of rotatable bonds is 2. The van der Waals surface area contributed by atoms with Crippen molar-refractivity contribution in [1.82, 2.24) is 0 Å². The Bertz CT molecular complexity index is 489. The zero-order valence-corrected chi connectivity index (χ0v) is 11.2. The molecule has 6 nitrogen and oxygen atoms in total. The first-order valence-corrected chi connectivity index (χ1v) is 4.80. The average Bonchev–Trinajstić information content (AvgIpc) is 2.02. The molecule has 10 heteroatoms. The summed E-state index contributed by atoms with van der Waals surface area (Å²) in [4.78, 5) is 9.89. The number of benzene rings is 1. The molecular weight excluding hydrogens is 339 g/mol. The summed E-state index contributed by atoms with van der Waals surface area (Å²) in [5.41, 5.74) is -0.583. The van der Waals surface area contributed by atoms with E-state index in [1.54, 1.807) is 0 Å². The molecule has 0 aliphatic carbocycles. The van der Waals surface area contributed by atoms with Gasteiger partial charge in [0, 0.05) is 0 Å². The quantitative estimate of drug-likeness (QED) is 0.364. The Kier molecular flexibility index (Phi) is 9.92. The minimum Gasteiger partial charge on any atom is -1.00 e. The van der Waals surface area contributed by atoms with Crippen LogP contribution in [0.25, 0.3) is 0 Å². The number of carboxylic acids is 1.